The van der Waals surface area contributed by atoms with E-state index in [9.17, 15) is 9.59 Å². The molecule has 180 valence electrons. The molecule has 2 heterocycles. The van der Waals surface area contributed by atoms with Gasteiger partial charge >= 0.3 is 0 Å². The Labute approximate surface area is 198 Å². The molecule has 0 radical (unpaired) electrons. The van der Waals surface area contributed by atoms with Crippen LogP contribution in [0.2, 0.25) is 0 Å². The van der Waals surface area contributed by atoms with Crippen LogP contribution in [0.25, 0.3) is 10.9 Å². The average Bonchev–Trinajstić information content (AvgIpc) is 2.83. The average molecular weight is 466 g/mol. The first-order chi connectivity index (χ1) is 16.5. The largest absolute Gasteiger partial charge is 0.493 e. The summed E-state index contributed by atoms with van der Waals surface area (Å²) >= 11 is 0. The zero-order chi connectivity index (χ0) is 24.2. The van der Waals surface area contributed by atoms with E-state index in [1.54, 1.807) is 44.1 Å². The van der Waals surface area contributed by atoms with Crippen molar-refractivity contribution in [1.82, 2.24) is 14.9 Å². The topological polar surface area (TPSA) is 91.7 Å². The van der Waals surface area contributed by atoms with E-state index in [0.29, 0.717) is 40.3 Å². The lowest BCUT2D eigenvalue weighted by Crippen LogP contribution is -2.28. The Morgan fingerprint density at radius 3 is 2.38 bits per heavy atom. The fourth-order valence-electron chi connectivity index (χ4n) is 4.45. The van der Waals surface area contributed by atoms with E-state index in [0.717, 1.165) is 43.5 Å². The molecule has 4 rings (SSSR count). The Balaban J connectivity index is 1.62. The van der Waals surface area contributed by atoms with Crippen LogP contribution in [0.1, 0.15) is 60.4 Å². The molecular formula is C26H31N3O5. The first-order valence-electron chi connectivity index (χ1n) is 11.6. The van der Waals surface area contributed by atoms with Crippen LogP contribution in [-0.4, -0.2) is 36.8 Å². The first kappa shape index (κ1) is 23.6. The summed E-state index contributed by atoms with van der Waals surface area (Å²) in [6, 6.07) is 8.38. The minimum Gasteiger partial charge on any atom is -0.493 e. The van der Waals surface area contributed by atoms with Crippen molar-refractivity contribution in [2.75, 3.05) is 21.3 Å². The normalized spacial score (nSPS) is 14.5. The van der Waals surface area contributed by atoms with Crippen molar-refractivity contribution in [3.8, 4) is 17.2 Å². The first-order valence-corrected chi connectivity index (χ1v) is 11.6. The summed E-state index contributed by atoms with van der Waals surface area (Å²) in [4.78, 5) is 30.9. The molecule has 1 atom stereocenters. The number of benzene rings is 2. The van der Waals surface area contributed by atoms with Gasteiger partial charge in [0, 0.05) is 18.5 Å². The predicted octanol–water partition coefficient (Wildman–Crippen LogP) is 4.03. The van der Waals surface area contributed by atoms with Gasteiger partial charge in [0.1, 0.15) is 5.82 Å². The van der Waals surface area contributed by atoms with Gasteiger partial charge < -0.3 is 19.5 Å². The van der Waals surface area contributed by atoms with Gasteiger partial charge in [-0.05, 0) is 55.7 Å². The molecule has 0 saturated carbocycles. The van der Waals surface area contributed by atoms with Crippen molar-refractivity contribution >= 4 is 16.8 Å². The summed E-state index contributed by atoms with van der Waals surface area (Å²) < 4.78 is 18.0. The summed E-state index contributed by atoms with van der Waals surface area (Å²) in [7, 11) is 4.65. The molecule has 3 aromatic rings. The molecule has 1 aromatic heterocycles. The van der Waals surface area contributed by atoms with Crippen LogP contribution in [0, 0.1) is 0 Å². The van der Waals surface area contributed by atoms with E-state index >= 15 is 0 Å². The molecule has 0 aliphatic carbocycles. The number of fused-ring (bicyclic) bond motifs is 2. The third-order valence-electron chi connectivity index (χ3n) is 6.36. The van der Waals surface area contributed by atoms with Gasteiger partial charge in [0.2, 0.25) is 5.75 Å². The number of nitrogens with zero attached hydrogens (tertiary/aromatic N) is 2. The highest BCUT2D eigenvalue weighted by Gasteiger charge is 2.19. The number of amides is 1. The lowest BCUT2D eigenvalue weighted by Gasteiger charge is -2.19. The van der Waals surface area contributed by atoms with E-state index in [1.165, 1.54) is 0 Å². The molecule has 8 nitrogen and oxygen atoms in total. The van der Waals surface area contributed by atoms with Gasteiger partial charge in [0.05, 0.1) is 38.3 Å². The van der Waals surface area contributed by atoms with Gasteiger partial charge in [-0.25, -0.2) is 4.98 Å². The molecule has 8 heteroatoms. The van der Waals surface area contributed by atoms with Gasteiger partial charge in [0.25, 0.3) is 11.5 Å². The van der Waals surface area contributed by atoms with Crippen molar-refractivity contribution in [2.24, 2.45) is 0 Å². The Bertz CT molecular complexity index is 1240. The summed E-state index contributed by atoms with van der Waals surface area (Å²) in [5.74, 6) is 2.08. The second-order valence-electron chi connectivity index (χ2n) is 8.53. The van der Waals surface area contributed by atoms with Gasteiger partial charge in [-0.1, -0.05) is 12.8 Å². The molecule has 34 heavy (non-hydrogen) atoms. The minimum atomic E-state index is -0.328. The Kier molecular flexibility index (Phi) is 7.05. The molecule has 2 aromatic carbocycles. The third-order valence-corrected chi connectivity index (χ3v) is 6.36. The van der Waals surface area contributed by atoms with Crippen LogP contribution in [0.4, 0.5) is 0 Å². The quantitative estimate of drug-likeness (QED) is 0.591. The van der Waals surface area contributed by atoms with Gasteiger partial charge in [-0.3, -0.25) is 14.2 Å². The van der Waals surface area contributed by atoms with Crippen molar-refractivity contribution < 1.29 is 19.0 Å². The Hall–Kier alpha value is -3.55. The molecule has 1 aliphatic rings. The molecule has 0 bridgehead atoms. The van der Waals surface area contributed by atoms with Crippen LogP contribution < -0.4 is 25.1 Å². The van der Waals surface area contributed by atoms with E-state index in [1.807, 2.05) is 19.1 Å². The zero-order valence-electron chi connectivity index (χ0n) is 20.1. The number of hydrogen-bond acceptors (Lipinski definition) is 6. The van der Waals surface area contributed by atoms with Crippen LogP contribution >= 0.6 is 0 Å². The lowest BCUT2D eigenvalue weighted by atomic mass is 10.1. The highest BCUT2D eigenvalue weighted by atomic mass is 16.5. The number of carbonyl (C=O) groups is 1. The molecule has 1 aliphatic heterocycles. The number of aryl methyl sites for hydroxylation is 1. The van der Waals surface area contributed by atoms with E-state index in [-0.39, 0.29) is 17.5 Å². The third kappa shape index (κ3) is 4.58. The van der Waals surface area contributed by atoms with Crippen LogP contribution in [0.5, 0.6) is 17.2 Å². The second kappa shape index (κ2) is 10.2. The molecule has 0 spiro atoms. The Morgan fingerprint density at radius 1 is 1.00 bits per heavy atom. The fourth-order valence-corrected chi connectivity index (χ4v) is 4.45. The summed E-state index contributed by atoms with van der Waals surface area (Å²) in [5, 5.41) is 3.55. The standard InChI is InChI=1S/C26H31N3O5/c1-16(18-14-21(32-2)24(34-4)22(15-18)33-3)27-25(30)17-10-11-19-20(13-17)28-23-9-7-5-6-8-12-29(23)26(19)31/h10-11,13-16H,5-9,12H2,1-4H3,(H,27,30). The molecule has 1 amide bonds. The lowest BCUT2D eigenvalue weighted by molar-refractivity contribution is 0.0940. The van der Waals surface area contributed by atoms with Crippen molar-refractivity contribution in [2.45, 2.75) is 51.6 Å². The van der Waals surface area contributed by atoms with Gasteiger partial charge in [-0.15, -0.1) is 0 Å². The SMILES string of the molecule is COc1cc(C(C)NC(=O)c2ccc3c(=O)n4c(nc3c2)CCCCCC4)cc(OC)c1OC. The Morgan fingerprint density at radius 2 is 1.71 bits per heavy atom. The highest BCUT2D eigenvalue weighted by molar-refractivity contribution is 5.97. The summed E-state index contributed by atoms with van der Waals surface area (Å²) in [5.41, 5.74) is 1.79. The van der Waals surface area contributed by atoms with Crippen molar-refractivity contribution in [3.63, 3.8) is 0 Å². The van der Waals surface area contributed by atoms with Crippen LogP contribution in [0.3, 0.4) is 0 Å². The fraction of sp³-hybridized carbons (Fsp3) is 0.423. The minimum absolute atomic E-state index is 0.0281. The van der Waals surface area contributed by atoms with E-state index in [4.69, 9.17) is 19.2 Å². The van der Waals surface area contributed by atoms with Crippen LogP contribution in [-0.2, 0) is 13.0 Å². The predicted molar refractivity (Wildman–Crippen MR) is 130 cm³/mol. The number of aromatic nitrogens is 2. The maximum Gasteiger partial charge on any atom is 0.261 e. The molecule has 1 unspecified atom stereocenters. The summed E-state index contributed by atoms with van der Waals surface area (Å²) in [6.07, 6.45) is 5.06. The number of carbonyl (C=O) groups excluding carboxylic acids is 1. The number of rotatable bonds is 6. The number of methoxy groups -OCH3 is 3. The second-order valence-corrected chi connectivity index (χ2v) is 8.53. The number of ether oxygens (including phenoxy) is 3. The smallest absolute Gasteiger partial charge is 0.261 e. The zero-order valence-corrected chi connectivity index (χ0v) is 20.1. The maximum atomic E-state index is 13.1. The van der Waals surface area contributed by atoms with E-state index in [2.05, 4.69) is 5.32 Å². The molecule has 0 saturated heterocycles. The van der Waals surface area contributed by atoms with Crippen molar-refractivity contribution in [3.05, 3.63) is 57.6 Å². The molecular weight excluding hydrogens is 434 g/mol. The van der Waals surface area contributed by atoms with E-state index < -0.39 is 0 Å². The van der Waals surface area contributed by atoms with Crippen LogP contribution in [0.15, 0.2) is 35.1 Å². The van der Waals surface area contributed by atoms with Gasteiger partial charge in [-0.2, -0.15) is 0 Å². The maximum absolute atomic E-state index is 13.1. The molecule has 0 fully saturated rings. The molecule has 1 N–H and O–H groups in total. The van der Waals surface area contributed by atoms with Crippen molar-refractivity contribution in [1.29, 1.82) is 0 Å². The van der Waals surface area contributed by atoms with Gasteiger partial charge in [0.15, 0.2) is 11.5 Å². The summed E-state index contributed by atoms with van der Waals surface area (Å²) in [6.45, 7) is 2.58. The monoisotopic (exact) mass is 465 g/mol. The number of nitrogens with one attached hydrogen (secondary N) is 1. The number of hydrogen-bond donors (Lipinski definition) is 1. The highest BCUT2D eigenvalue weighted by Crippen LogP contribution is 2.39.